The summed E-state index contributed by atoms with van der Waals surface area (Å²) in [6.07, 6.45) is 4.24. The molecule has 3 aromatic rings. The maximum atomic E-state index is 5.77. The molecule has 5 nitrogen and oxygen atoms in total. The Labute approximate surface area is 130 Å². The van der Waals surface area contributed by atoms with Crippen LogP contribution in [-0.4, -0.2) is 15.0 Å². The Morgan fingerprint density at radius 2 is 2.24 bits per heavy atom. The zero-order valence-corrected chi connectivity index (χ0v) is 12.9. The van der Waals surface area contributed by atoms with Crippen LogP contribution in [0.3, 0.4) is 0 Å². The standard InChI is InChI=1S/C15H14BrN3O2/c16-14-13(21-9-11-2-1-7-20-11)6-5-12-15(14)17-18-19(12)8-10-3-4-10/h1-2,5-7,10H,3-4,8-9H2. The van der Waals surface area contributed by atoms with Gasteiger partial charge in [0.25, 0.3) is 0 Å². The van der Waals surface area contributed by atoms with Gasteiger partial charge in [0.2, 0.25) is 0 Å². The molecule has 1 aliphatic rings. The number of fused-ring (bicyclic) bond motifs is 1. The van der Waals surface area contributed by atoms with E-state index >= 15 is 0 Å². The van der Waals surface area contributed by atoms with E-state index in [0.29, 0.717) is 6.61 Å². The van der Waals surface area contributed by atoms with Crippen LogP contribution in [0.5, 0.6) is 5.75 Å². The van der Waals surface area contributed by atoms with Gasteiger partial charge in [-0.2, -0.15) is 0 Å². The van der Waals surface area contributed by atoms with Crippen molar-refractivity contribution in [1.29, 1.82) is 0 Å². The van der Waals surface area contributed by atoms with Crippen molar-refractivity contribution in [1.82, 2.24) is 15.0 Å². The number of nitrogens with zero attached hydrogens (tertiary/aromatic N) is 3. The van der Waals surface area contributed by atoms with Crippen LogP contribution in [0.1, 0.15) is 18.6 Å². The Morgan fingerprint density at radius 1 is 1.33 bits per heavy atom. The number of furan rings is 1. The van der Waals surface area contributed by atoms with Crippen LogP contribution in [-0.2, 0) is 13.2 Å². The molecule has 0 amide bonds. The average molecular weight is 348 g/mol. The molecule has 0 bridgehead atoms. The minimum Gasteiger partial charge on any atom is -0.484 e. The Bertz CT molecular complexity index is 763. The average Bonchev–Trinajstić information content (AvgIpc) is 2.99. The highest BCUT2D eigenvalue weighted by atomic mass is 79.9. The first-order valence-electron chi connectivity index (χ1n) is 6.98. The van der Waals surface area contributed by atoms with Gasteiger partial charge in [0.1, 0.15) is 23.6 Å². The third kappa shape index (κ3) is 2.55. The lowest BCUT2D eigenvalue weighted by molar-refractivity contribution is 0.269. The molecule has 0 saturated heterocycles. The Morgan fingerprint density at radius 3 is 3.00 bits per heavy atom. The smallest absolute Gasteiger partial charge is 0.146 e. The van der Waals surface area contributed by atoms with Crippen LogP contribution < -0.4 is 4.74 Å². The molecule has 1 aromatic carbocycles. The van der Waals surface area contributed by atoms with Crippen molar-refractivity contribution in [3.63, 3.8) is 0 Å². The summed E-state index contributed by atoms with van der Waals surface area (Å²) in [4.78, 5) is 0. The quantitative estimate of drug-likeness (QED) is 0.704. The van der Waals surface area contributed by atoms with Gasteiger partial charge in [0.05, 0.1) is 16.3 Å². The molecular weight excluding hydrogens is 334 g/mol. The van der Waals surface area contributed by atoms with E-state index < -0.39 is 0 Å². The van der Waals surface area contributed by atoms with Crippen LogP contribution in [0.2, 0.25) is 0 Å². The van der Waals surface area contributed by atoms with E-state index in [4.69, 9.17) is 9.15 Å². The second-order valence-electron chi connectivity index (χ2n) is 5.33. The van der Waals surface area contributed by atoms with Gasteiger partial charge in [-0.15, -0.1) is 5.10 Å². The molecule has 0 spiro atoms. The summed E-state index contributed by atoms with van der Waals surface area (Å²) >= 11 is 3.57. The first-order chi connectivity index (χ1) is 10.3. The molecule has 2 heterocycles. The van der Waals surface area contributed by atoms with E-state index in [0.717, 1.165) is 39.5 Å². The molecule has 0 atom stereocenters. The van der Waals surface area contributed by atoms with E-state index in [1.807, 2.05) is 28.9 Å². The third-order valence-corrected chi connectivity index (χ3v) is 4.43. The van der Waals surface area contributed by atoms with Crippen LogP contribution in [0.25, 0.3) is 11.0 Å². The highest BCUT2D eigenvalue weighted by molar-refractivity contribution is 9.10. The van der Waals surface area contributed by atoms with Crippen molar-refractivity contribution in [3.05, 3.63) is 40.8 Å². The molecular formula is C15H14BrN3O2. The highest BCUT2D eigenvalue weighted by Crippen LogP contribution is 2.35. The summed E-state index contributed by atoms with van der Waals surface area (Å²) in [5.74, 6) is 2.31. The Balaban J connectivity index is 1.60. The molecule has 0 aliphatic heterocycles. The summed E-state index contributed by atoms with van der Waals surface area (Å²) < 4.78 is 13.9. The number of hydrogen-bond donors (Lipinski definition) is 0. The maximum absolute atomic E-state index is 5.77. The van der Waals surface area contributed by atoms with Crippen molar-refractivity contribution >= 4 is 27.0 Å². The minimum atomic E-state index is 0.396. The molecule has 0 radical (unpaired) electrons. The lowest BCUT2D eigenvalue weighted by Gasteiger charge is -2.07. The second kappa shape index (κ2) is 5.18. The fraction of sp³-hybridized carbons (Fsp3) is 0.333. The molecule has 108 valence electrons. The highest BCUT2D eigenvalue weighted by Gasteiger charge is 2.23. The van der Waals surface area contributed by atoms with Crippen LogP contribution in [0.15, 0.2) is 39.4 Å². The van der Waals surface area contributed by atoms with Crippen molar-refractivity contribution in [2.24, 2.45) is 5.92 Å². The molecule has 1 fully saturated rings. The number of rotatable bonds is 5. The summed E-state index contributed by atoms with van der Waals surface area (Å²) in [5, 5.41) is 8.52. The number of hydrogen-bond acceptors (Lipinski definition) is 4. The van der Waals surface area contributed by atoms with Gasteiger partial charge in [-0.05, 0) is 59.0 Å². The molecule has 21 heavy (non-hydrogen) atoms. The van der Waals surface area contributed by atoms with E-state index in [1.54, 1.807) is 6.26 Å². The topological polar surface area (TPSA) is 53.1 Å². The van der Waals surface area contributed by atoms with Crippen molar-refractivity contribution in [2.45, 2.75) is 26.0 Å². The van der Waals surface area contributed by atoms with E-state index in [9.17, 15) is 0 Å². The molecule has 4 rings (SSSR count). The summed E-state index contributed by atoms with van der Waals surface area (Å²) in [6.45, 7) is 1.35. The Kier molecular flexibility index (Phi) is 3.18. The largest absolute Gasteiger partial charge is 0.484 e. The first kappa shape index (κ1) is 12.9. The van der Waals surface area contributed by atoms with Gasteiger partial charge in [0, 0.05) is 6.54 Å². The van der Waals surface area contributed by atoms with Gasteiger partial charge >= 0.3 is 0 Å². The molecule has 1 saturated carbocycles. The molecule has 0 N–H and O–H groups in total. The molecule has 2 aromatic heterocycles. The number of benzene rings is 1. The minimum absolute atomic E-state index is 0.396. The van der Waals surface area contributed by atoms with Crippen molar-refractivity contribution < 1.29 is 9.15 Å². The number of ether oxygens (including phenoxy) is 1. The first-order valence-corrected chi connectivity index (χ1v) is 7.77. The summed E-state index contributed by atoms with van der Waals surface area (Å²) in [7, 11) is 0. The fourth-order valence-corrected chi connectivity index (χ4v) is 2.85. The number of halogens is 1. The SMILES string of the molecule is Brc1c(OCc2ccco2)ccc2c1nnn2CC1CC1. The van der Waals surface area contributed by atoms with Crippen molar-refractivity contribution in [2.75, 3.05) is 0 Å². The summed E-state index contributed by atoms with van der Waals surface area (Å²) in [6, 6.07) is 7.70. The van der Waals surface area contributed by atoms with Gasteiger partial charge < -0.3 is 9.15 Å². The molecule has 1 aliphatic carbocycles. The van der Waals surface area contributed by atoms with Crippen LogP contribution >= 0.6 is 15.9 Å². The monoisotopic (exact) mass is 347 g/mol. The van der Waals surface area contributed by atoms with Crippen LogP contribution in [0.4, 0.5) is 0 Å². The predicted octanol–water partition coefficient (Wildman–Crippen LogP) is 3.78. The van der Waals surface area contributed by atoms with Crippen LogP contribution in [0, 0.1) is 5.92 Å². The van der Waals surface area contributed by atoms with Crippen molar-refractivity contribution in [3.8, 4) is 5.75 Å². The zero-order chi connectivity index (χ0) is 14.2. The zero-order valence-electron chi connectivity index (χ0n) is 11.3. The maximum Gasteiger partial charge on any atom is 0.146 e. The van der Waals surface area contributed by atoms with E-state index in [2.05, 4.69) is 26.2 Å². The van der Waals surface area contributed by atoms with E-state index in [1.165, 1.54) is 12.8 Å². The van der Waals surface area contributed by atoms with Gasteiger partial charge in [-0.1, -0.05) is 5.21 Å². The lowest BCUT2D eigenvalue weighted by Crippen LogP contribution is -2.01. The van der Waals surface area contributed by atoms with Gasteiger partial charge in [0.15, 0.2) is 0 Å². The molecule has 0 unspecified atom stereocenters. The fourth-order valence-electron chi connectivity index (χ4n) is 2.32. The third-order valence-electron chi connectivity index (χ3n) is 3.67. The van der Waals surface area contributed by atoms with E-state index in [-0.39, 0.29) is 0 Å². The normalized spacial score (nSPS) is 14.7. The predicted molar refractivity (Wildman–Crippen MR) is 81.0 cm³/mol. The molecule has 6 heteroatoms. The number of aromatic nitrogens is 3. The Hall–Kier alpha value is -1.82. The second-order valence-corrected chi connectivity index (χ2v) is 6.12. The summed E-state index contributed by atoms with van der Waals surface area (Å²) in [5.41, 5.74) is 1.88. The lowest BCUT2D eigenvalue weighted by atomic mass is 10.3. The van der Waals surface area contributed by atoms with Gasteiger partial charge in [-0.3, -0.25) is 0 Å². The van der Waals surface area contributed by atoms with Gasteiger partial charge in [-0.25, -0.2) is 4.68 Å².